The molecular weight excluding hydrogens is 450 g/mol. The van der Waals surface area contributed by atoms with E-state index in [1.807, 2.05) is 0 Å². The van der Waals surface area contributed by atoms with Gasteiger partial charge in [0.1, 0.15) is 11.6 Å². The molecule has 2 aromatic carbocycles. The number of aromatic nitrogens is 3. The van der Waals surface area contributed by atoms with E-state index in [0.717, 1.165) is 24.8 Å². The quantitative estimate of drug-likeness (QED) is 0.402. The number of fused-ring (bicyclic) bond motifs is 1. The molecule has 1 aliphatic rings. The van der Waals surface area contributed by atoms with Crippen molar-refractivity contribution in [1.29, 1.82) is 0 Å². The Kier molecular flexibility index (Phi) is 5.96. The molecule has 2 N–H and O–H groups in total. The van der Waals surface area contributed by atoms with Gasteiger partial charge in [-0.15, -0.1) is 0 Å². The van der Waals surface area contributed by atoms with Crippen LogP contribution in [0.1, 0.15) is 65.4 Å². The van der Waals surface area contributed by atoms with Crippen molar-refractivity contribution in [1.82, 2.24) is 20.1 Å². The van der Waals surface area contributed by atoms with Crippen molar-refractivity contribution in [3.63, 3.8) is 0 Å². The zero-order chi connectivity index (χ0) is 24.7. The Morgan fingerprint density at radius 3 is 2.60 bits per heavy atom. The van der Waals surface area contributed by atoms with E-state index in [4.69, 9.17) is 0 Å². The number of rotatable bonds is 6. The average molecular weight is 477 g/mol. The smallest absolute Gasteiger partial charge is 0.262 e. The van der Waals surface area contributed by atoms with Gasteiger partial charge >= 0.3 is 0 Å². The monoisotopic (exact) mass is 476 g/mol. The number of carbonyl (C=O) groups excluding carboxylic acids is 1. The zero-order valence-corrected chi connectivity index (χ0v) is 19.5. The van der Waals surface area contributed by atoms with Crippen LogP contribution in [0.3, 0.4) is 0 Å². The van der Waals surface area contributed by atoms with E-state index in [2.05, 4.69) is 15.5 Å². The van der Waals surface area contributed by atoms with Gasteiger partial charge < -0.3 is 9.88 Å². The van der Waals surface area contributed by atoms with Crippen LogP contribution in [-0.4, -0.2) is 20.7 Å². The fraction of sp³-hybridized carbons (Fsp3) is 0.296. The summed E-state index contributed by atoms with van der Waals surface area (Å²) < 4.78 is 30.4. The van der Waals surface area contributed by atoms with Crippen LogP contribution in [0, 0.1) is 24.5 Å². The fourth-order valence-corrected chi connectivity index (χ4v) is 5.09. The summed E-state index contributed by atoms with van der Waals surface area (Å²) in [5, 5.41) is 9.90. The van der Waals surface area contributed by atoms with E-state index in [1.165, 1.54) is 28.8 Å². The highest BCUT2D eigenvalue weighted by Crippen LogP contribution is 2.38. The number of hydrogen-bond donors (Lipinski definition) is 2. The summed E-state index contributed by atoms with van der Waals surface area (Å²) in [6, 6.07) is 9.68. The maximum absolute atomic E-state index is 15.0. The molecule has 8 heteroatoms. The minimum atomic E-state index is -0.685. The lowest BCUT2D eigenvalue weighted by Crippen LogP contribution is -2.38. The number of H-pyrrole nitrogens is 1. The number of amides is 1. The van der Waals surface area contributed by atoms with Gasteiger partial charge in [0.2, 0.25) is 0 Å². The van der Waals surface area contributed by atoms with Crippen LogP contribution in [-0.2, 0) is 0 Å². The lowest BCUT2D eigenvalue weighted by Gasteiger charge is -2.35. The van der Waals surface area contributed by atoms with E-state index in [0.29, 0.717) is 11.3 Å². The molecule has 0 bridgehead atoms. The first-order valence-electron chi connectivity index (χ1n) is 11.7. The van der Waals surface area contributed by atoms with Gasteiger partial charge in [-0.1, -0.05) is 30.7 Å². The highest BCUT2D eigenvalue weighted by molar-refractivity contribution is 6.08. The van der Waals surface area contributed by atoms with Crippen molar-refractivity contribution in [2.24, 2.45) is 5.92 Å². The highest BCUT2D eigenvalue weighted by atomic mass is 19.1. The van der Waals surface area contributed by atoms with Crippen LogP contribution < -0.4 is 10.9 Å². The maximum Gasteiger partial charge on any atom is 0.262 e. The number of hydrogen-bond acceptors (Lipinski definition) is 3. The Morgan fingerprint density at radius 2 is 1.94 bits per heavy atom. The second-order valence-corrected chi connectivity index (χ2v) is 9.20. The van der Waals surface area contributed by atoms with E-state index >= 15 is 0 Å². The minimum absolute atomic E-state index is 0.135. The number of aromatic amines is 1. The van der Waals surface area contributed by atoms with Crippen LogP contribution in [0.2, 0.25) is 0 Å². The fourth-order valence-electron chi connectivity index (χ4n) is 5.09. The van der Waals surface area contributed by atoms with Crippen molar-refractivity contribution in [2.45, 2.75) is 45.2 Å². The molecule has 1 amide bonds. The third kappa shape index (κ3) is 4.03. The van der Waals surface area contributed by atoms with Gasteiger partial charge in [0, 0.05) is 22.8 Å². The lowest BCUT2D eigenvalue weighted by atomic mass is 9.77. The molecule has 5 rings (SSSR count). The molecule has 0 radical (unpaired) electrons. The molecule has 1 fully saturated rings. The molecule has 180 valence electrons. The van der Waals surface area contributed by atoms with Crippen LogP contribution in [0.25, 0.3) is 10.8 Å². The van der Waals surface area contributed by atoms with Gasteiger partial charge in [-0.3, -0.25) is 14.7 Å². The number of benzene rings is 2. The first-order chi connectivity index (χ1) is 16.9. The molecule has 35 heavy (non-hydrogen) atoms. The van der Waals surface area contributed by atoms with Crippen LogP contribution in [0.4, 0.5) is 8.78 Å². The summed E-state index contributed by atoms with van der Waals surface area (Å²) >= 11 is 0. The van der Waals surface area contributed by atoms with Gasteiger partial charge in [-0.2, -0.15) is 5.10 Å². The Morgan fingerprint density at radius 1 is 1.17 bits per heavy atom. The normalized spacial score (nSPS) is 15.5. The van der Waals surface area contributed by atoms with Crippen LogP contribution in [0.15, 0.2) is 59.7 Å². The van der Waals surface area contributed by atoms with E-state index in [-0.39, 0.29) is 34.1 Å². The summed E-state index contributed by atoms with van der Waals surface area (Å²) in [4.78, 5) is 27.3. The molecule has 0 aliphatic heterocycles. The van der Waals surface area contributed by atoms with Gasteiger partial charge in [0.15, 0.2) is 0 Å². The molecule has 2 aromatic heterocycles. The molecule has 1 saturated carbocycles. The molecule has 2 heterocycles. The third-order valence-corrected chi connectivity index (χ3v) is 7.17. The number of pyridine rings is 1. The SMILES string of the molecule is Cc1c(C(=O)N[C@H](c2cccc(F)c2)C2CCC2)c2cccc(F)c2c(=O)n1C(C)c1cn[nH]c1. The predicted octanol–water partition coefficient (Wildman–Crippen LogP) is 5.19. The van der Waals surface area contributed by atoms with E-state index in [1.54, 1.807) is 44.4 Å². The summed E-state index contributed by atoms with van der Waals surface area (Å²) in [5.41, 5.74) is 1.56. The van der Waals surface area contributed by atoms with Crippen LogP contribution in [0.5, 0.6) is 0 Å². The first-order valence-corrected chi connectivity index (χ1v) is 11.7. The summed E-state index contributed by atoms with van der Waals surface area (Å²) in [6.07, 6.45) is 6.16. The molecule has 6 nitrogen and oxygen atoms in total. The standard InChI is InChI=1S/C27H26F2N4O2/c1-15(19-13-30-31-14-19)33-16(2)23(21-10-5-11-22(29)24(21)27(33)35)26(34)32-25(17-6-3-7-17)18-8-4-9-20(28)12-18/h4-5,8-15,17,25H,3,6-7H2,1-2H3,(H,30,31)(H,32,34)/t15?,25-/m0/s1. The van der Waals surface area contributed by atoms with Crippen molar-refractivity contribution in [2.75, 3.05) is 0 Å². The van der Waals surface area contributed by atoms with Crippen molar-refractivity contribution >= 4 is 16.7 Å². The Balaban J connectivity index is 1.65. The maximum atomic E-state index is 15.0. The largest absolute Gasteiger partial charge is 0.345 e. The number of halogens is 2. The summed E-state index contributed by atoms with van der Waals surface area (Å²) in [7, 11) is 0. The van der Waals surface area contributed by atoms with Gasteiger partial charge in [-0.25, -0.2) is 8.78 Å². The molecule has 0 saturated heterocycles. The predicted molar refractivity (Wildman–Crippen MR) is 129 cm³/mol. The Hall–Kier alpha value is -3.81. The lowest BCUT2D eigenvalue weighted by molar-refractivity contribution is 0.0900. The number of nitrogens with one attached hydrogen (secondary N) is 2. The zero-order valence-electron chi connectivity index (χ0n) is 19.5. The summed E-state index contributed by atoms with van der Waals surface area (Å²) in [5.74, 6) is -1.30. The molecule has 1 unspecified atom stereocenters. The first kappa shape index (κ1) is 23.0. The third-order valence-electron chi connectivity index (χ3n) is 7.17. The number of carbonyl (C=O) groups is 1. The highest BCUT2D eigenvalue weighted by Gasteiger charge is 2.32. The van der Waals surface area contributed by atoms with E-state index < -0.39 is 23.3 Å². The molecule has 2 atom stereocenters. The van der Waals surface area contributed by atoms with Gasteiger partial charge in [0.05, 0.1) is 29.2 Å². The molecule has 1 aliphatic carbocycles. The molecular formula is C27H26F2N4O2. The van der Waals surface area contributed by atoms with Crippen LogP contribution >= 0.6 is 0 Å². The topological polar surface area (TPSA) is 79.8 Å². The Labute approximate surface area is 201 Å². The molecule has 0 spiro atoms. The summed E-state index contributed by atoms with van der Waals surface area (Å²) in [6.45, 7) is 3.50. The van der Waals surface area contributed by atoms with E-state index in [9.17, 15) is 18.4 Å². The minimum Gasteiger partial charge on any atom is -0.345 e. The van der Waals surface area contributed by atoms with Gasteiger partial charge in [0.25, 0.3) is 11.5 Å². The second-order valence-electron chi connectivity index (χ2n) is 9.20. The van der Waals surface area contributed by atoms with Crippen molar-refractivity contribution in [3.05, 3.63) is 99.2 Å². The Bertz CT molecular complexity index is 1460. The second kappa shape index (κ2) is 9.09. The van der Waals surface area contributed by atoms with Gasteiger partial charge in [-0.05, 0) is 56.4 Å². The number of nitrogens with zero attached hydrogens (tertiary/aromatic N) is 2. The van der Waals surface area contributed by atoms with Crippen molar-refractivity contribution < 1.29 is 13.6 Å². The average Bonchev–Trinajstić information content (AvgIpc) is 3.32. The van der Waals surface area contributed by atoms with Crippen molar-refractivity contribution in [3.8, 4) is 0 Å². The molecule has 4 aromatic rings.